The number of hydrogen-bond acceptors (Lipinski definition) is 5. The number of benzene rings is 1. The first-order valence-electron chi connectivity index (χ1n) is 7.38. The highest BCUT2D eigenvalue weighted by Gasteiger charge is 2.18. The summed E-state index contributed by atoms with van der Waals surface area (Å²) in [6.07, 6.45) is 1.51. The van der Waals surface area contributed by atoms with Crippen molar-refractivity contribution in [2.45, 2.75) is 6.54 Å². The monoisotopic (exact) mass is 362 g/mol. The molecule has 3 rings (SSSR count). The standard InChI is InChI=1S/C16H16ClFN6O/c1-23(2)8-13-21-14-10(5-6-20-16(14)22-13)15(19)24(25)9-3-4-12(18)11(17)7-9/h3-7,19,25H,8H2,1-2H3,(H,20,21,22). The van der Waals surface area contributed by atoms with Crippen LogP contribution >= 0.6 is 11.6 Å². The molecule has 7 nitrogen and oxygen atoms in total. The van der Waals surface area contributed by atoms with Crippen LogP contribution in [0.1, 0.15) is 11.4 Å². The van der Waals surface area contributed by atoms with Crippen LogP contribution < -0.4 is 5.06 Å². The molecule has 1 aromatic carbocycles. The van der Waals surface area contributed by atoms with E-state index in [4.69, 9.17) is 17.0 Å². The molecule has 0 fully saturated rings. The van der Waals surface area contributed by atoms with E-state index in [9.17, 15) is 9.60 Å². The Morgan fingerprint density at radius 2 is 2.12 bits per heavy atom. The van der Waals surface area contributed by atoms with Gasteiger partial charge in [-0.3, -0.25) is 10.6 Å². The van der Waals surface area contributed by atoms with Gasteiger partial charge in [-0.2, -0.15) is 0 Å². The number of fused-ring (bicyclic) bond motifs is 1. The highest BCUT2D eigenvalue weighted by atomic mass is 35.5. The maximum Gasteiger partial charge on any atom is 0.178 e. The van der Waals surface area contributed by atoms with Gasteiger partial charge in [0.25, 0.3) is 0 Å². The summed E-state index contributed by atoms with van der Waals surface area (Å²) in [5, 5.41) is 19.1. The van der Waals surface area contributed by atoms with Gasteiger partial charge in [-0.05, 0) is 38.4 Å². The number of anilines is 1. The fourth-order valence-electron chi connectivity index (χ4n) is 2.39. The number of amidine groups is 1. The van der Waals surface area contributed by atoms with Crippen molar-refractivity contribution in [1.29, 1.82) is 5.41 Å². The minimum Gasteiger partial charge on any atom is -0.339 e. The van der Waals surface area contributed by atoms with Gasteiger partial charge in [-0.25, -0.2) is 19.4 Å². The average molecular weight is 363 g/mol. The van der Waals surface area contributed by atoms with E-state index in [1.807, 2.05) is 19.0 Å². The Morgan fingerprint density at radius 3 is 2.80 bits per heavy atom. The lowest BCUT2D eigenvalue weighted by molar-refractivity contribution is 0.312. The Hall–Kier alpha value is -2.55. The second-order valence-corrected chi connectivity index (χ2v) is 6.14. The predicted octanol–water partition coefficient (Wildman–Crippen LogP) is 3.03. The zero-order valence-corrected chi connectivity index (χ0v) is 14.3. The number of hydrogen-bond donors (Lipinski definition) is 3. The summed E-state index contributed by atoms with van der Waals surface area (Å²) in [4.78, 5) is 13.6. The molecule has 0 amide bonds. The topological polar surface area (TPSA) is 92.1 Å². The molecule has 0 aliphatic heterocycles. The van der Waals surface area contributed by atoms with Gasteiger partial charge < -0.3 is 9.88 Å². The van der Waals surface area contributed by atoms with E-state index in [1.165, 1.54) is 18.3 Å². The lowest BCUT2D eigenvalue weighted by atomic mass is 10.2. The van der Waals surface area contributed by atoms with E-state index in [1.54, 1.807) is 6.07 Å². The van der Waals surface area contributed by atoms with Gasteiger partial charge in [-0.1, -0.05) is 11.6 Å². The number of imidazole rings is 1. The SMILES string of the molecule is CN(C)Cc1nc2nccc(C(=N)N(O)c3ccc(F)c(Cl)c3)c2[nH]1. The molecule has 3 aromatic rings. The van der Waals surface area contributed by atoms with Crippen molar-refractivity contribution in [3.63, 3.8) is 0 Å². The fourth-order valence-corrected chi connectivity index (χ4v) is 2.57. The summed E-state index contributed by atoms with van der Waals surface area (Å²) in [5.74, 6) is -0.115. The number of pyridine rings is 1. The van der Waals surface area contributed by atoms with Gasteiger partial charge in [0.15, 0.2) is 11.5 Å². The predicted molar refractivity (Wildman–Crippen MR) is 93.8 cm³/mol. The highest BCUT2D eigenvalue weighted by Crippen LogP contribution is 2.24. The third kappa shape index (κ3) is 3.46. The lowest BCUT2D eigenvalue weighted by Gasteiger charge is -2.18. The van der Waals surface area contributed by atoms with Crippen LogP contribution in [0.3, 0.4) is 0 Å². The number of halogens is 2. The summed E-state index contributed by atoms with van der Waals surface area (Å²) in [6, 6.07) is 5.30. The molecule has 9 heteroatoms. The molecule has 0 aliphatic carbocycles. The summed E-state index contributed by atoms with van der Waals surface area (Å²) in [6.45, 7) is 0.583. The molecular formula is C16H16ClFN6O. The molecule has 3 N–H and O–H groups in total. The van der Waals surface area contributed by atoms with E-state index in [2.05, 4.69) is 15.0 Å². The number of H-pyrrole nitrogens is 1. The number of aromatic nitrogens is 3. The third-order valence-corrected chi connectivity index (χ3v) is 3.81. The number of nitrogens with one attached hydrogen (secondary N) is 2. The van der Waals surface area contributed by atoms with E-state index < -0.39 is 5.82 Å². The van der Waals surface area contributed by atoms with Crippen LogP contribution in [-0.2, 0) is 6.54 Å². The third-order valence-electron chi connectivity index (χ3n) is 3.52. The quantitative estimate of drug-likeness (QED) is 0.377. The van der Waals surface area contributed by atoms with E-state index in [-0.39, 0.29) is 16.5 Å². The summed E-state index contributed by atoms with van der Waals surface area (Å²) < 4.78 is 13.3. The van der Waals surface area contributed by atoms with Crippen LogP contribution in [0.15, 0.2) is 30.5 Å². The van der Waals surface area contributed by atoms with Crippen LogP contribution in [0.5, 0.6) is 0 Å². The molecule has 0 saturated heterocycles. The molecule has 0 unspecified atom stereocenters. The zero-order valence-electron chi connectivity index (χ0n) is 13.6. The van der Waals surface area contributed by atoms with E-state index in [0.717, 1.165) is 6.07 Å². The van der Waals surface area contributed by atoms with Crippen molar-refractivity contribution < 1.29 is 9.60 Å². The molecule has 0 radical (unpaired) electrons. The van der Waals surface area contributed by atoms with Gasteiger partial charge >= 0.3 is 0 Å². The minimum absolute atomic E-state index is 0.140. The Bertz CT molecular complexity index is 942. The minimum atomic E-state index is -0.599. The van der Waals surface area contributed by atoms with Crippen molar-refractivity contribution in [2.24, 2.45) is 0 Å². The summed E-state index contributed by atoms with van der Waals surface area (Å²) >= 11 is 5.74. The average Bonchev–Trinajstić information content (AvgIpc) is 2.97. The van der Waals surface area contributed by atoms with Gasteiger partial charge in [-0.15, -0.1) is 0 Å². The Labute approximate surface area is 148 Å². The van der Waals surface area contributed by atoms with Gasteiger partial charge in [0.05, 0.1) is 22.8 Å². The first-order valence-corrected chi connectivity index (χ1v) is 7.76. The highest BCUT2D eigenvalue weighted by molar-refractivity contribution is 6.31. The van der Waals surface area contributed by atoms with Gasteiger partial charge in [0.1, 0.15) is 11.6 Å². The molecule has 0 saturated carbocycles. The molecule has 0 atom stereocenters. The van der Waals surface area contributed by atoms with Gasteiger partial charge in [0.2, 0.25) is 0 Å². The lowest BCUT2D eigenvalue weighted by Crippen LogP contribution is -2.27. The molecule has 0 spiro atoms. The van der Waals surface area contributed by atoms with Crippen LogP contribution in [0.4, 0.5) is 10.1 Å². The largest absolute Gasteiger partial charge is 0.339 e. The molecule has 130 valence electrons. The van der Waals surface area contributed by atoms with Crippen molar-refractivity contribution in [3.05, 3.63) is 52.7 Å². The van der Waals surface area contributed by atoms with E-state index in [0.29, 0.717) is 34.2 Å². The first-order chi connectivity index (χ1) is 11.9. The first kappa shape index (κ1) is 17.3. The van der Waals surface area contributed by atoms with Crippen molar-refractivity contribution in [2.75, 3.05) is 19.2 Å². The van der Waals surface area contributed by atoms with Crippen molar-refractivity contribution in [1.82, 2.24) is 19.9 Å². The number of hydroxylamine groups is 1. The van der Waals surface area contributed by atoms with Crippen LogP contribution in [0.25, 0.3) is 11.2 Å². The van der Waals surface area contributed by atoms with Gasteiger partial charge in [0, 0.05) is 11.8 Å². The van der Waals surface area contributed by atoms with Crippen molar-refractivity contribution >= 4 is 34.3 Å². The smallest absolute Gasteiger partial charge is 0.178 e. The zero-order chi connectivity index (χ0) is 18.1. The number of aromatic amines is 1. The molecule has 0 bridgehead atoms. The van der Waals surface area contributed by atoms with Crippen LogP contribution in [0, 0.1) is 11.2 Å². The normalized spacial score (nSPS) is 11.3. The second-order valence-electron chi connectivity index (χ2n) is 5.74. The number of rotatable bonds is 4. The molecule has 0 aliphatic rings. The molecule has 2 aromatic heterocycles. The Balaban J connectivity index is 1.98. The maximum absolute atomic E-state index is 13.3. The second kappa shape index (κ2) is 6.75. The summed E-state index contributed by atoms with van der Waals surface area (Å²) in [5.41, 5.74) is 1.57. The summed E-state index contributed by atoms with van der Waals surface area (Å²) in [7, 11) is 3.83. The van der Waals surface area contributed by atoms with E-state index >= 15 is 0 Å². The van der Waals surface area contributed by atoms with Crippen LogP contribution in [-0.4, -0.2) is 45.0 Å². The van der Waals surface area contributed by atoms with Crippen molar-refractivity contribution in [3.8, 4) is 0 Å². The molecular weight excluding hydrogens is 347 g/mol. The van der Waals surface area contributed by atoms with Crippen LogP contribution in [0.2, 0.25) is 5.02 Å². The number of nitrogens with zero attached hydrogens (tertiary/aromatic N) is 4. The molecule has 2 heterocycles. The molecule has 25 heavy (non-hydrogen) atoms. The fraction of sp³-hybridized carbons (Fsp3) is 0.188. The Kier molecular flexibility index (Phi) is 4.67. The Morgan fingerprint density at radius 1 is 1.36 bits per heavy atom. The maximum atomic E-state index is 13.3.